The number of halogens is 1. The Morgan fingerprint density at radius 3 is 2.86 bits per heavy atom. The van der Waals surface area contributed by atoms with Gasteiger partial charge in [-0.1, -0.05) is 0 Å². The van der Waals surface area contributed by atoms with Crippen molar-refractivity contribution >= 4 is 21.7 Å². The molecule has 2 heterocycles. The molecule has 0 radical (unpaired) electrons. The van der Waals surface area contributed by atoms with Crippen LogP contribution in [0.4, 0.5) is 5.82 Å². The van der Waals surface area contributed by atoms with Crippen molar-refractivity contribution in [1.29, 1.82) is 0 Å². The molecule has 76 valence electrons. The van der Waals surface area contributed by atoms with Gasteiger partial charge in [0.15, 0.2) is 0 Å². The van der Waals surface area contributed by atoms with E-state index in [1.807, 2.05) is 0 Å². The van der Waals surface area contributed by atoms with Crippen LogP contribution in [-0.4, -0.2) is 29.2 Å². The third-order valence-corrected chi connectivity index (χ3v) is 1.98. The molecule has 1 N–H and O–H groups in total. The van der Waals surface area contributed by atoms with E-state index in [1.54, 1.807) is 0 Å². The Balaban J connectivity index is 2.77. The molecule has 0 unspecified atom stereocenters. The number of pyridine rings is 1. The van der Waals surface area contributed by atoms with Crippen LogP contribution in [0.25, 0.3) is 0 Å². The number of anilines is 1. The topological polar surface area (TPSA) is 36.4 Å². The summed E-state index contributed by atoms with van der Waals surface area (Å²) in [5, 5.41) is 9.99. The summed E-state index contributed by atoms with van der Waals surface area (Å²) in [4.78, 5) is 3.98. The summed E-state index contributed by atoms with van der Waals surface area (Å²) in [5.41, 5.74) is 0. The van der Waals surface area contributed by atoms with Crippen LogP contribution in [0, 0.1) is 0 Å². The smallest absolute Gasteiger partial charge is 0.128 e. The van der Waals surface area contributed by atoms with E-state index < -0.39 is 31.8 Å². The second kappa shape index (κ2) is 4.28. The molecule has 1 aliphatic rings. The van der Waals surface area contributed by atoms with Crippen molar-refractivity contribution < 1.29 is 17.4 Å². The Morgan fingerprint density at radius 1 is 1.57 bits per heavy atom. The Bertz CT molecular complexity index is 589. The molecular weight excluding hydrogens is 244 g/mol. The van der Waals surface area contributed by atoms with Gasteiger partial charge in [0.05, 0.1) is 7.45 Å². The predicted molar refractivity (Wildman–Crippen MR) is 59.4 cm³/mol. The van der Waals surface area contributed by atoms with E-state index in [2.05, 4.69) is 20.9 Å². The van der Waals surface area contributed by atoms with Crippen LogP contribution in [-0.2, 0) is 0 Å². The molecular formula is C10H13BrN2O. The second-order valence-corrected chi connectivity index (χ2v) is 3.41. The summed E-state index contributed by atoms with van der Waals surface area (Å²) in [7, 11) is 0. The quantitative estimate of drug-likeness (QED) is 0.842. The lowest BCUT2D eigenvalue weighted by Crippen LogP contribution is -2.36. The Morgan fingerprint density at radius 2 is 2.29 bits per heavy atom. The molecule has 1 aromatic heterocycles. The van der Waals surface area contributed by atoms with Crippen molar-refractivity contribution in [2.45, 2.75) is 18.8 Å². The Kier molecular flexibility index (Phi) is 1.15. The first-order valence-electron chi connectivity index (χ1n) is 8.26. The van der Waals surface area contributed by atoms with Gasteiger partial charge in [-0.2, -0.15) is 0 Å². The lowest BCUT2D eigenvalue weighted by atomic mass is 10.1. The van der Waals surface area contributed by atoms with Gasteiger partial charge in [-0.25, -0.2) is 4.98 Å². The number of aliphatic hydroxyl groups is 1. The van der Waals surface area contributed by atoms with Crippen molar-refractivity contribution in [2.75, 3.05) is 17.9 Å². The highest BCUT2D eigenvalue weighted by molar-refractivity contribution is 9.10. The Hall–Kier alpha value is -0.610. The van der Waals surface area contributed by atoms with E-state index in [1.165, 1.54) is 18.3 Å². The van der Waals surface area contributed by atoms with Crippen LogP contribution in [0.2, 0.25) is 0 Å². The minimum Gasteiger partial charge on any atom is -0.393 e. The second-order valence-electron chi connectivity index (χ2n) is 2.49. The number of hydrogen-bond acceptors (Lipinski definition) is 3. The van der Waals surface area contributed by atoms with Crippen molar-refractivity contribution in [1.82, 2.24) is 4.98 Å². The van der Waals surface area contributed by atoms with Gasteiger partial charge in [-0.3, -0.25) is 0 Å². The van der Waals surface area contributed by atoms with E-state index in [-0.39, 0.29) is 10.7 Å². The van der Waals surface area contributed by atoms with Crippen LogP contribution in [0.15, 0.2) is 22.8 Å². The zero-order valence-electron chi connectivity index (χ0n) is 16.0. The molecule has 0 aliphatic carbocycles. The van der Waals surface area contributed by atoms with Gasteiger partial charge in [-0.15, -0.1) is 0 Å². The average molecular weight is 266 g/mol. The number of nitrogens with zero attached hydrogens (tertiary/aromatic N) is 2. The molecule has 0 amide bonds. The molecule has 0 aromatic carbocycles. The van der Waals surface area contributed by atoms with E-state index in [9.17, 15) is 5.11 Å². The Labute approximate surface area is 105 Å². The first-order chi connectivity index (χ1) is 10.1. The average Bonchev–Trinajstić information content (AvgIpc) is 2.39. The fourth-order valence-corrected chi connectivity index (χ4v) is 1.13. The van der Waals surface area contributed by atoms with Crippen LogP contribution in [0.5, 0.6) is 0 Å². The van der Waals surface area contributed by atoms with Gasteiger partial charge in [-0.05, 0) is 40.8 Å². The van der Waals surface area contributed by atoms with Crippen molar-refractivity contribution in [3.05, 3.63) is 22.8 Å². The van der Waals surface area contributed by atoms with E-state index in [0.29, 0.717) is 4.47 Å². The molecule has 1 saturated heterocycles. The first-order valence-corrected chi connectivity index (χ1v) is 4.56. The number of rotatable bonds is 1. The van der Waals surface area contributed by atoms with E-state index in [0.717, 1.165) is 0 Å². The third kappa shape index (κ3) is 2.25. The van der Waals surface area contributed by atoms with Gasteiger partial charge in [0, 0.05) is 34.6 Å². The lowest BCUT2D eigenvalue weighted by molar-refractivity contribution is 0.145. The number of piperidine rings is 1. The van der Waals surface area contributed by atoms with Crippen molar-refractivity contribution in [2.24, 2.45) is 0 Å². The van der Waals surface area contributed by atoms with Crippen LogP contribution >= 0.6 is 15.9 Å². The fraction of sp³-hybridized carbons (Fsp3) is 0.500. The van der Waals surface area contributed by atoms with Crippen molar-refractivity contribution in [3.63, 3.8) is 0 Å². The van der Waals surface area contributed by atoms with Crippen LogP contribution in [0.1, 0.15) is 25.1 Å². The molecule has 4 heteroatoms. The van der Waals surface area contributed by atoms with Crippen molar-refractivity contribution in [3.8, 4) is 0 Å². The lowest BCUT2D eigenvalue weighted by Gasteiger charge is -2.30. The highest BCUT2D eigenvalue weighted by atomic mass is 79.9. The largest absolute Gasteiger partial charge is 0.393 e. The van der Waals surface area contributed by atoms with Gasteiger partial charge >= 0.3 is 0 Å². The highest BCUT2D eigenvalue weighted by Crippen LogP contribution is 2.19. The van der Waals surface area contributed by atoms with Crippen LogP contribution in [0.3, 0.4) is 0 Å². The van der Waals surface area contributed by atoms with Gasteiger partial charge in [0.2, 0.25) is 0 Å². The number of aromatic nitrogens is 1. The summed E-state index contributed by atoms with van der Waals surface area (Å²) in [5.74, 6) is -0.369. The maximum atomic E-state index is 9.99. The van der Waals surface area contributed by atoms with Gasteiger partial charge in [0.25, 0.3) is 0 Å². The molecule has 0 atom stereocenters. The third-order valence-electron chi connectivity index (χ3n) is 1.51. The SMILES string of the molecule is [2H]C1([2H])N(c2ccc(Br)cn2)C([2H])([2H])C([2H])([2H])C([2H])(O)C1([2H])[2H]. The zero-order valence-corrected chi connectivity index (χ0v) is 8.54. The summed E-state index contributed by atoms with van der Waals surface area (Å²) >= 11 is 3.10. The summed E-state index contributed by atoms with van der Waals surface area (Å²) in [6.07, 6.45) is -9.36. The molecule has 1 aliphatic heterocycles. The fourth-order valence-electron chi connectivity index (χ4n) is 0.892. The standard InChI is InChI=1S/C10H13BrN2O/c11-8-1-2-10(12-7-8)13-5-3-9(14)4-6-13/h1-2,7,9,14H,3-6H2/i3D2,4D2,5D2,6D2,9D. The minimum absolute atomic E-state index is 0.190. The maximum absolute atomic E-state index is 9.99. The molecule has 1 fully saturated rings. The molecule has 2 rings (SSSR count). The summed E-state index contributed by atoms with van der Waals surface area (Å²) in [6, 6.07) is 2.58. The predicted octanol–water partition coefficient (Wildman–Crippen LogP) is 1.81. The highest BCUT2D eigenvalue weighted by Gasteiger charge is 2.17. The van der Waals surface area contributed by atoms with Gasteiger partial charge < -0.3 is 10.0 Å². The maximum Gasteiger partial charge on any atom is 0.128 e. The number of hydrogen-bond donors (Lipinski definition) is 1. The minimum atomic E-state index is -3.67. The summed E-state index contributed by atoms with van der Waals surface area (Å²) in [6.45, 7) is -6.50. The summed E-state index contributed by atoms with van der Waals surface area (Å²) < 4.78 is 70.9. The molecule has 1 aromatic rings. The molecule has 0 spiro atoms. The zero-order chi connectivity index (χ0) is 18.1. The van der Waals surface area contributed by atoms with Crippen LogP contribution < -0.4 is 4.90 Å². The molecule has 0 saturated carbocycles. The monoisotopic (exact) mass is 265 g/mol. The first kappa shape index (κ1) is 3.76. The van der Waals surface area contributed by atoms with E-state index >= 15 is 0 Å². The molecule has 14 heavy (non-hydrogen) atoms. The van der Waals surface area contributed by atoms with E-state index in [4.69, 9.17) is 12.3 Å². The normalized spacial score (nSPS) is 44.7. The molecule has 3 nitrogen and oxygen atoms in total. The molecule has 0 bridgehead atoms. The van der Waals surface area contributed by atoms with Gasteiger partial charge in [0.1, 0.15) is 5.82 Å².